The smallest absolute Gasteiger partial charge is 0.202 e. The van der Waals surface area contributed by atoms with E-state index >= 15 is 0 Å². The van der Waals surface area contributed by atoms with Gasteiger partial charge in [-0.3, -0.25) is 0 Å². The van der Waals surface area contributed by atoms with Gasteiger partial charge in [0.2, 0.25) is 8.32 Å². The third-order valence-electron chi connectivity index (χ3n) is 2.72. The van der Waals surface area contributed by atoms with Crippen LogP contribution in [0.25, 0.3) is 0 Å². The zero-order chi connectivity index (χ0) is 15.8. The molecule has 0 rings (SSSR count). The second-order valence-electron chi connectivity index (χ2n) is 6.33. The van der Waals surface area contributed by atoms with E-state index in [0.29, 0.717) is 19.8 Å². The normalized spacial score (nSPS) is 13.6. The van der Waals surface area contributed by atoms with E-state index in [2.05, 4.69) is 39.3 Å². The highest BCUT2D eigenvalue weighted by Gasteiger charge is 2.35. The van der Waals surface area contributed by atoms with Gasteiger partial charge in [-0.2, -0.15) is 0 Å². The van der Waals surface area contributed by atoms with Crippen molar-refractivity contribution in [2.75, 3.05) is 19.8 Å². The van der Waals surface area contributed by atoms with E-state index in [-0.39, 0.29) is 5.73 Å². The van der Waals surface area contributed by atoms with E-state index in [0.717, 1.165) is 17.6 Å². The molecule has 0 aliphatic rings. The lowest BCUT2D eigenvalue weighted by atomic mass is 10.4. The molecule has 0 aromatic rings. The summed E-state index contributed by atoms with van der Waals surface area (Å²) in [6.07, 6.45) is 0.876. The highest BCUT2D eigenvalue weighted by Crippen LogP contribution is 2.19. The Balaban J connectivity index is 4.46. The van der Waals surface area contributed by atoms with Crippen LogP contribution in [0.3, 0.4) is 0 Å². The van der Waals surface area contributed by atoms with E-state index in [4.69, 9.17) is 13.6 Å². The van der Waals surface area contributed by atoms with Crippen molar-refractivity contribution in [2.24, 2.45) is 0 Å². The van der Waals surface area contributed by atoms with Crippen molar-refractivity contribution in [1.82, 2.24) is 0 Å². The first-order valence-electron chi connectivity index (χ1n) is 7.31. The molecule has 0 radical (unpaired) electrons. The fourth-order valence-corrected chi connectivity index (χ4v) is 8.76. The molecule has 0 N–H and O–H groups in total. The van der Waals surface area contributed by atoms with Gasteiger partial charge in [-0.15, -0.1) is 0 Å². The minimum atomic E-state index is -1.84. The molecular weight excluding hydrogens is 284 g/mol. The highest BCUT2D eigenvalue weighted by atomic mass is 28.4. The fourth-order valence-electron chi connectivity index (χ4n) is 1.99. The summed E-state index contributed by atoms with van der Waals surface area (Å²) in [5.41, 5.74) is 2.25. The first kappa shape index (κ1) is 19.8. The van der Waals surface area contributed by atoms with Gasteiger partial charge in [-0.25, -0.2) is 0 Å². The zero-order valence-corrected chi connectivity index (χ0v) is 16.3. The maximum atomic E-state index is 6.26. The van der Waals surface area contributed by atoms with Crippen molar-refractivity contribution in [3.63, 3.8) is 0 Å². The summed E-state index contributed by atoms with van der Waals surface area (Å²) in [6, 6.07) is 0. The molecule has 0 amide bonds. The monoisotopic (exact) mass is 316 g/mol. The summed E-state index contributed by atoms with van der Waals surface area (Å²) in [6.45, 7) is 22.5. The SMILES string of the molecule is C=C(C)COCCC(OCC(=C)C)[Si](C)(C)O[SiH](C)C. The molecule has 0 aromatic carbocycles. The van der Waals surface area contributed by atoms with Crippen LogP contribution >= 0.6 is 0 Å². The van der Waals surface area contributed by atoms with Crippen molar-refractivity contribution >= 4 is 17.4 Å². The van der Waals surface area contributed by atoms with Crippen LogP contribution in [0.5, 0.6) is 0 Å². The maximum absolute atomic E-state index is 6.26. The van der Waals surface area contributed by atoms with Crippen molar-refractivity contribution < 1.29 is 13.6 Å². The summed E-state index contributed by atoms with van der Waals surface area (Å²) in [7, 11) is -2.90. The minimum Gasteiger partial charge on any atom is -0.457 e. The summed E-state index contributed by atoms with van der Waals surface area (Å²) < 4.78 is 17.9. The number of rotatable bonds is 11. The van der Waals surface area contributed by atoms with Crippen molar-refractivity contribution in [3.05, 3.63) is 24.3 Å². The molecule has 0 spiro atoms. The molecule has 0 aromatic heterocycles. The predicted octanol–water partition coefficient (Wildman–Crippen LogP) is 3.67. The molecule has 0 heterocycles. The first-order chi connectivity index (χ1) is 9.15. The molecule has 3 nitrogen and oxygen atoms in total. The van der Waals surface area contributed by atoms with E-state index < -0.39 is 17.4 Å². The Bertz CT molecular complexity index is 314. The Labute approximate surface area is 127 Å². The molecular formula is C15H32O3Si2. The van der Waals surface area contributed by atoms with E-state index in [1.807, 2.05) is 13.8 Å². The average Bonchev–Trinajstić information content (AvgIpc) is 2.24. The largest absolute Gasteiger partial charge is 0.457 e. The van der Waals surface area contributed by atoms with Crippen LogP contribution in [0, 0.1) is 0 Å². The van der Waals surface area contributed by atoms with Gasteiger partial charge in [0.25, 0.3) is 0 Å². The van der Waals surface area contributed by atoms with Crippen molar-refractivity contribution in [3.8, 4) is 0 Å². The molecule has 20 heavy (non-hydrogen) atoms. The summed E-state index contributed by atoms with van der Waals surface area (Å²) in [5, 5.41) is 0. The van der Waals surface area contributed by atoms with Gasteiger partial charge in [-0.05, 0) is 46.5 Å². The third-order valence-corrected chi connectivity index (χ3v) is 9.04. The van der Waals surface area contributed by atoms with Crippen LogP contribution in [0.15, 0.2) is 24.3 Å². The second-order valence-corrected chi connectivity index (χ2v) is 13.2. The van der Waals surface area contributed by atoms with Crippen LogP contribution in [0.1, 0.15) is 20.3 Å². The van der Waals surface area contributed by atoms with Crippen LogP contribution in [0.4, 0.5) is 0 Å². The van der Waals surface area contributed by atoms with Crippen LogP contribution in [0.2, 0.25) is 26.2 Å². The second kappa shape index (κ2) is 9.68. The number of hydrogen-bond donors (Lipinski definition) is 0. The lowest BCUT2D eigenvalue weighted by Crippen LogP contribution is -2.49. The average molecular weight is 317 g/mol. The maximum Gasteiger partial charge on any atom is 0.202 e. The van der Waals surface area contributed by atoms with Crippen LogP contribution in [-0.4, -0.2) is 42.9 Å². The Morgan fingerprint density at radius 1 is 1.10 bits per heavy atom. The van der Waals surface area contributed by atoms with Gasteiger partial charge in [-0.1, -0.05) is 24.3 Å². The minimum absolute atomic E-state index is 0.152. The van der Waals surface area contributed by atoms with E-state index in [9.17, 15) is 0 Å². The molecule has 118 valence electrons. The van der Waals surface area contributed by atoms with Gasteiger partial charge < -0.3 is 13.6 Å². The van der Waals surface area contributed by atoms with Crippen LogP contribution < -0.4 is 0 Å². The van der Waals surface area contributed by atoms with Gasteiger partial charge in [0.15, 0.2) is 9.04 Å². The Morgan fingerprint density at radius 3 is 2.10 bits per heavy atom. The molecule has 0 fully saturated rings. The van der Waals surface area contributed by atoms with Gasteiger partial charge in [0.1, 0.15) is 0 Å². The fraction of sp³-hybridized carbons (Fsp3) is 0.733. The highest BCUT2D eigenvalue weighted by molar-refractivity contribution is 6.78. The molecule has 0 aliphatic heterocycles. The molecule has 0 aliphatic carbocycles. The Morgan fingerprint density at radius 2 is 1.65 bits per heavy atom. The molecule has 0 bridgehead atoms. The lowest BCUT2D eigenvalue weighted by molar-refractivity contribution is 0.0679. The molecule has 1 unspecified atom stereocenters. The van der Waals surface area contributed by atoms with Crippen molar-refractivity contribution in [2.45, 2.75) is 52.2 Å². The molecule has 0 saturated carbocycles. The number of hydrogen-bond acceptors (Lipinski definition) is 3. The van der Waals surface area contributed by atoms with Crippen LogP contribution in [-0.2, 0) is 13.6 Å². The van der Waals surface area contributed by atoms with Gasteiger partial charge in [0, 0.05) is 6.61 Å². The summed E-state index contributed by atoms with van der Waals surface area (Å²) >= 11 is 0. The Hall–Kier alpha value is -0.206. The molecule has 1 atom stereocenters. The first-order valence-corrected chi connectivity index (χ1v) is 13.1. The molecule has 5 heteroatoms. The topological polar surface area (TPSA) is 27.7 Å². The standard InChI is InChI=1S/C15H32O3Si2/c1-13(2)11-16-10-9-15(17-12-14(3)4)20(7,8)18-19(5)6/h15,19H,1,3,9-12H2,2,4-8H3. The zero-order valence-electron chi connectivity index (χ0n) is 14.1. The summed E-state index contributed by atoms with van der Waals surface area (Å²) in [4.78, 5) is 0. The summed E-state index contributed by atoms with van der Waals surface area (Å²) in [5.74, 6) is 0. The van der Waals surface area contributed by atoms with Gasteiger partial charge in [0.05, 0.1) is 18.9 Å². The Kier molecular flexibility index (Phi) is 9.58. The molecule has 0 saturated heterocycles. The van der Waals surface area contributed by atoms with Gasteiger partial charge >= 0.3 is 0 Å². The number of ether oxygens (including phenoxy) is 2. The van der Waals surface area contributed by atoms with E-state index in [1.54, 1.807) is 0 Å². The van der Waals surface area contributed by atoms with E-state index in [1.165, 1.54) is 0 Å². The van der Waals surface area contributed by atoms with Crippen molar-refractivity contribution in [1.29, 1.82) is 0 Å². The quantitative estimate of drug-likeness (QED) is 0.331. The lowest BCUT2D eigenvalue weighted by Gasteiger charge is -2.34. The predicted molar refractivity (Wildman–Crippen MR) is 92.2 cm³/mol. The third kappa shape index (κ3) is 9.66.